The van der Waals surface area contributed by atoms with Crippen molar-refractivity contribution in [2.45, 2.75) is 31.1 Å². The first-order valence-corrected chi connectivity index (χ1v) is 11.9. The summed E-state index contributed by atoms with van der Waals surface area (Å²) in [4.78, 5) is 11.5. The molecule has 0 radical (unpaired) electrons. The fourth-order valence-corrected chi connectivity index (χ4v) is 4.59. The van der Waals surface area contributed by atoms with Gasteiger partial charge in [0.25, 0.3) is 0 Å². The summed E-state index contributed by atoms with van der Waals surface area (Å²) in [6, 6.07) is 10.4. The van der Waals surface area contributed by atoms with Crippen LogP contribution in [0.15, 0.2) is 53.7 Å². The quantitative estimate of drug-likeness (QED) is 0.517. The Morgan fingerprint density at radius 2 is 1.81 bits per heavy atom. The highest BCUT2D eigenvalue weighted by atomic mass is 32.2. The molecule has 0 amide bonds. The molecule has 9 nitrogen and oxygen atoms in total. The Morgan fingerprint density at radius 1 is 1.03 bits per heavy atom. The molecule has 0 aliphatic carbocycles. The molecule has 164 valence electrons. The van der Waals surface area contributed by atoms with Gasteiger partial charge in [0.15, 0.2) is 0 Å². The van der Waals surface area contributed by atoms with E-state index in [1.807, 2.05) is 19.1 Å². The third-order valence-corrected chi connectivity index (χ3v) is 6.61. The highest BCUT2D eigenvalue weighted by molar-refractivity contribution is 7.89. The summed E-state index contributed by atoms with van der Waals surface area (Å²) in [5.41, 5.74) is 1.68. The van der Waals surface area contributed by atoms with E-state index in [1.165, 1.54) is 19.3 Å². The second kappa shape index (κ2) is 9.44. The van der Waals surface area contributed by atoms with Crippen LogP contribution >= 0.6 is 0 Å². The summed E-state index contributed by atoms with van der Waals surface area (Å²) in [6.07, 6.45) is 7.09. The smallest absolute Gasteiger partial charge is 0.240 e. The van der Waals surface area contributed by atoms with Gasteiger partial charge in [-0.1, -0.05) is 0 Å². The number of benzene rings is 1. The summed E-state index contributed by atoms with van der Waals surface area (Å²) in [5, 5.41) is 7.27. The summed E-state index contributed by atoms with van der Waals surface area (Å²) >= 11 is 0. The van der Waals surface area contributed by atoms with Gasteiger partial charge in [-0.2, -0.15) is 10.1 Å². The average Bonchev–Trinajstić information content (AvgIpc) is 3.32. The third-order valence-electron chi connectivity index (χ3n) is 5.14. The molecule has 0 atom stereocenters. The Hall–Kier alpha value is -2.98. The van der Waals surface area contributed by atoms with Crippen molar-refractivity contribution in [2.75, 3.05) is 36.4 Å². The maximum atomic E-state index is 12.6. The van der Waals surface area contributed by atoms with E-state index >= 15 is 0 Å². The molecule has 2 aromatic heterocycles. The third kappa shape index (κ3) is 5.39. The molecular formula is C21H27N7O2S. The molecule has 4 rings (SSSR count). The van der Waals surface area contributed by atoms with Crippen molar-refractivity contribution >= 4 is 21.8 Å². The molecule has 1 saturated heterocycles. The van der Waals surface area contributed by atoms with Crippen molar-refractivity contribution in [3.8, 4) is 5.69 Å². The van der Waals surface area contributed by atoms with Gasteiger partial charge < -0.3 is 10.2 Å². The van der Waals surface area contributed by atoms with Gasteiger partial charge in [0.2, 0.25) is 16.0 Å². The van der Waals surface area contributed by atoms with Crippen LogP contribution in [0.25, 0.3) is 5.69 Å². The van der Waals surface area contributed by atoms with E-state index in [9.17, 15) is 8.42 Å². The average molecular weight is 442 g/mol. The number of aryl methyl sites for hydroxylation is 1. The molecule has 1 aromatic carbocycles. The van der Waals surface area contributed by atoms with Gasteiger partial charge in [-0.3, -0.25) is 0 Å². The normalized spacial score (nSPS) is 14.5. The Bertz CT molecular complexity index is 1090. The standard InChI is InChI=1S/C21H27N7O2S/c1-17-16-20(27-13-3-2-4-14-27)26-21(25-17)22-11-12-24-31(29,30)19-8-6-18(7-9-19)28-15-5-10-23-28/h5-10,15-16,24H,2-4,11-14H2,1H3,(H,22,25,26). The second-order valence-electron chi connectivity index (χ2n) is 7.51. The summed E-state index contributed by atoms with van der Waals surface area (Å²) in [6.45, 7) is 4.56. The molecule has 0 spiro atoms. The maximum Gasteiger partial charge on any atom is 0.240 e. The molecular weight excluding hydrogens is 414 g/mol. The molecule has 1 aliphatic heterocycles. The van der Waals surface area contributed by atoms with Crippen LogP contribution < -0.4 is 14.9 Å². The lowest BCUT2D eigenvalue weighted by molar-refractivity contribution is 0.573. The largest absolute Gasteiger partial charge is 0.356 e. The fourth-order valence-electron chi connectivity index (χ4n) is 3.56. The first-order valence-electron chi connectivity index (χ1n) is 10.5. The number of rotatable bonds is 8. The van der Waals surface area contributed by atoms with Crippen LogP contribution in [0.2, 0.25) is 0 Å². The maximum absolute atomic E-state index is 12.6. The fraction of sp³-hybridized carbons (Fsp3) is 0.381. The first-order chi connectivity index (χ1) is 15.0. The lowest BCUT2D eigenvalue weighted by atomic mass is 10.1. The Morgan fingerprint density at radius 3 is 2.52 bits per heavy atom. The van der Waals surface area contributed by atoms with E-state index in [0.717, 1.165) is 30.3 Å². The Balaban J connectivity index is 1.32. The zero-order valence-electron chi connectivity index (χ0n) is 17.5. The molecule has 1 aliphatic rings. The Labute approximate surface area is 182 Å². The van der Waals surface area contributed by atoms with Crippen molar-refractivity contribution in [3.63, 3.8) is 0 Å². The van der Waals surface area contributed by atoms with E-state index in [2.05, 4.69) is 30.0 Å². The minimum Gasteiger partial charge on any atom is -0.356 e. The molecule has 31 heavy (non-hydrogen) atoms. The molecule has 3 aromatic rings. The van der Waals surface area contributed by atoms with E-state index in [4.69, 9.17) is 0 Å². The van der Waals surface area contributed by atoms with Crippen LogP contribution in [0.4, 0.5) is 11.8 Å². The molecule has 0 saturated carbocycles. The molecule has 0 unspecified atom stereocenters. The molecule has 2 N–H and O–H groups in total. The van der Waals surface area contributed by atoms with Crippen molar-refractivity contribution in [2.24, 2.45) is 0 Å². The summed E-state index contributed by atoms with van der Waals surface area (Å²) in [5.74, 6) is 1.44. The molecule has 1 fully saturated rings. The topological polar surface area (TPSA) is 105 Å². The second-order valence-corrected chi connectivity index (χ2v) is 9.27. The molecule has 0 bridgehead atoms. The predicted molar refractivity (Wildman–Crippen MR) is 120 cm³/mol. The van der Waals surface area contributed by atoms with Crippen LogP contribution in [-0.4, -0.2) is 54.3 Å². The zero-order chi connectivity index (χ0) is 21.7. The number of sulfonamides is 1. The van der Waals surface area contributed by atoms with Crippen molar-refractivity contribution in [1.29, 1.82) is 0 Å². The van der Waals surface area contributed by atoms with Crippen LogP contribution in [0.3, 0.4) is 0 Å². The lowest BCUT2D eigenvalue weighted by Crippen LogP contribution is -2.31. The SMILES string of the molecule is Cc1cc(N2CCCCC2)nc(NCCNS(=O)(=O)c2ccc(-n3cccn3)cc2)n1. The lowest BCUT2D eigenvalue weighted by Gasteiger charge is -2.28. The van der Waals surface area contributed by atoms with Gasteiger partial charge in [-0.15, -0.1) is 0 Å². The van der Waals surface area contributed by atoms with Gasteiger partial charge in [-0.25, -0.2) is 22.8 Å². The van der Waals surface area contributed by atoms with Gasteiger partial charge in [0.1, 0.15) is 5.82 Å². The van der Waals surface area contributed by atoms with Crippen LogP contribution in [0, 0.1) is 6.92 Å². The number of aromatic nitrogens is 4. The summed E-state index contributed by atoms with van der Waals surface area (Å²) in [7, 11) is -3.60. The highest BCUT2D eigenvalue weighted by Gasteiger charge is 2.15. The number of anilines is 2. The van der Waals surface area contributed by atoms with Crippen molar-refractivity contribution in [3.05, 3.63) is 54.5 Å². The number of hydrogen-bond acceptors (Lipinski definition) is 7. The number of hydrogen-bond donors (Lipinski definition) is 2. The first kappa shape index (κ1) is 21.3. The van der Waals surface area contributed by atoms with Crippen LogP contribution in [0.5, 0.6) is 0 Å². The van der Waals surface area contributed by atoms with E-state index in [-0.39, 0.29) is 11.4 Å². The number of nitrogens with zero attached hydrogens (tertiary/aromatic N) is 5. The van der Waals surface area contributed by atoms with E-state index < -0.39 is 10.0 Å². The van der Waals surface area contributed by atoms with Gasteiger partial charge in [-0.05, 0) is 56.5 Å². The summed E-state index contributed by atoms with van der Waals surface area (Å²) < 4.78 is 29.4. The van der Waals surface area contributed by atoms with E-state index in [0.29, 0.717) is 12.5 Å². The van der Waals surface area contributed by atoms with Gasteiger partial charge in [0.05, 0.1) is 10.6 Å². The number of nitrogens with one attached hydrogen (secondary N) is 2. The zero-order valence-corrected chi connectivity index (χ0v) is 18.3. The monoisotopic (exact) mass is 441 g/mol. The predicted octanol–water partition coefficient (Wildman–Crippen LogP) is 2.35. The Kier molecular flexibility index (Phi) is 6.47. The van der Waals surface area contributed by atoms with Crippen molar-refractivity contribution < 1.29 is 8.42 Å². The van der Waals surface area contributed by atoms with Crippen LogP contribution in [-0.2, 0) is 10.0 Å². The van der Waals surface area contributed by atoms with Crippen LogP contribution in [0.1, 0.15) is 25.0 Å². The van der Waals surface area contributed by atoms with E-state index in [1.54, 1.807) is 41.3 Å². The molecule has 3 heterocycles. The van der Waals surface area contributed by atoms with Gasteiger partial charge in [0, 0.05) is 50.3 Å². The molecule has 10 heteroatoms. The van der Waals surface area contributed by atoms with Crippen molar-refractivity contribution in [1.82, 2.24) is 24.5 Å². The highest BCUT2D eigenvalue weighted by Crippen LogP contribution is 2.19. The number of piperidine rings is 1. The minimum absolute atomic E-state index is 0.211. The minimum atomic E-state index is -3.60. The van der Waals surface area contributed by atoms with Gasteiger partial charge >= 0.3 is 0 Å².